The second kappa shape index (κ2) is 3.42. The zero-order valence-corrected chi connectivity index (χ0v) is 5.70. The maximum atomic E-state index is 10.9. The van der Waals surface area contributed by atoms with Crippen LogP contribution in [0, 0.1) is 12.3 Å². The third kappa shape index (κ3) is 1.83. The van der Waals surface area contributed by atoms with Gasteiger partial charge in [0.25, 0.3) is 5.91 Å². The Labute approximate surface area is 63.6 Å². The van der Waals surface area contributed by atoms with Crippen molar-refractivity contribution in [3.63, 3.8) is 0 Å². The smallest absolute Gasteiger partial charge is 0.273 e. The lowest BCUT2D eigenvalue weighted by molar-refractivity contribution is 0.0954. The minimum Gasteiger partial charge on any atom is -0.451 e. The van der Waals surface area contributed by atoms with Crippen molar-refractivity contribution in [3.8, 4) is 12.3 Å². The highest BCUT2D eigenvalue weighted by molar-refractivity contribution is 5.91. The van der Waals surface area contributed by atoms with Crippen LogP contribution in [-0.4, -0.2) is 17.4 Å². The second-order valence-electron chi connectivity index (χ2n) is 1.76. The Morgan fingerprint density at radius 2 is 2.73 bits per heavy atom. The molecule has 0 aliphatic rings. The van der Waals surface area contributed by atoms with Gasteiger partial charge < -0.3 is 9.73 Å². The summed E-state index contributed by atoms with van der Waals surface area (Å²) in [6.07, 6.45) is 7.36. The summed E-state index contributed by atoms with van der Waals surface area (Å²) in [6, 6.07) is 0. The molecule has 1 heterocycles. The molecule has 0 aromatic carbocycles. The van der Waals surface area contributed by atoms with Crippen LogP contribution in [0.15, 0.2) is 17.1 Å². The summed E-state index contributed by atoms with van der Waals surface area (Å²) in [5, 5.41) is 2.44. The highest BCUT2D eigenvalue weighted by Gasteiger charge is 2.05. The zero-order chi connectivity index (χ0) is 8.10. The summed E-state index contributed by atoms with van der Waals surface area (Å²) < 4.78 is 4.59. The molecule has 0 aliphatic heterocycles. The van der Waals surface area contributed by atoms with E-state index in [0.29, 0.717) is 0 Å². The maximum absolute atomic E-state index is 10.9. The van der Waals surface area contributed by atoms with Crippen LogP contribution in [0.2, 0.25) is 0 Å². The summed E-state index contributed by atoms with van der Waals surface area (Å²) in [6.45, 7) is 0.200. The number of terminal acetylenes is 1. The topological polar surface area (TPSA) is 55.1 Å². The Morgan fingerprint density at radius 1 is 1.91 bits per heavy atom. The average molecular weight is 150 g/mol. The van der Waals surface area contributed by atoms with E-state index in [9.17, 15) is 4.79 Å². The van der Waals surface area contributed by atoms with Crippen LogP contribution in [0.3, 0.4) is 0 Å². The van der Waals surface area contributed by atoms with Crippen molar-refractivity contribution in [3.05, 3.63) is 18.4 Å². The molecule has 0 saturated heterocycles. The van der Waals surface area contributed by atoms with Gasteiger partial charge in [-0.1, -0.05) is 5.92 Å². The third-order valence-corrected chi connectivity index (χ3v) is 1.02. The molecule has 1 N–H and O–H groups in total. The molecule has 4 heteroatoms. The highest BCUT2D eigenvalue weighted by Crippen LogP contribution is 1.92. The first-order valence-electron chi connectivity index (χ1n) is 2.94. The monoisotopic (exact) mass is 150 g/mol. The molecule has 1 amide bonds. The first kappa shape index (κ1) is 7.35. The van der Waals surface area contributed by atoms with E-state index < -0.39 is 0 Å². The Hall–Kier alpha value is -1.76. The van der Waals surface area contributed by atoms with Crippen molar-refractivity contribution < 1.29 is 9.21 Å². The van der Waals surface area contributed by atoms with E-state index in [-0.39, 0.29) is 18.1 Å². The van der Waals surface area contributed by atoms with Gasteiger partial charge >= 0.3 is 0 Å². The molecule has 4 nitrogen and oxygen atoms in total. The number of hydrogen-bond acceptors (Lipinski definition) is 3. The second-order valence-corrected chi connectivity index (χ2v) is 1.76. The van der Waals surface area contributed by atoms with Gasteiger partial charge in [-0.3, -0.25) is 4.79 Å². The van der Waals surface area contributed by atoms with Gasteiger partial charge in [-0.25, -0.2) is 4.98 Å². The summed E-state index contributed by atoms with van der Waals surface area (Å²) in [7, 11) is 0. The molecule has 11 heavy (non-hydrogen) atoms. The van der Waals surface area contributed by atoms with Crippen LogP contribution in [0.5, 0.6) is 0 Å². The van der Waals surface area contributed by atoms with Gasteiger partial charge in [0.15, 0.2) is 12.1 Å². The summed E-state index contributed by atoms with van der Waals surface area (Å²) >= 11 is 0. The minimum absolute atomic E-state index is 0.200. The van der Waals surface area contributed by atoms with E-state index in [1.165, 1.54) is 12.7 Å². The molecule has 0 fully saturated rings. The number of oxazole rings is 1. The average Bonchev–Trinajstić information content (AvgIpc) is 2.52. The van der Waals surface area contributed by atoms with Crippen LogP contribution in [0.4, 0.5) is 0 Å². The van der Waals surface area contributed by atoms with Crippen molar-refractivity contribution in [2.24, 2.45) is 0 Å². The van der Waals surface area contributed by atoms with E-state index in [0.717, 1.165) is 0 Å². The predicted molar refractivity (Wildman–Crippen MR) is 37.7 cm³/mol. The number of nitrogens with one attached hydrogen (secondary N) is 1. The van der Waals surface area contributed by atoms with Crippen molar-refractivity contribution >= 4 is 5.91 Å². The predicted octanol–water partition coefficient (Wildman–Crippen LogP) is 0.0376. The SMILES string of the molecule is C#CCNC(=O)c1cocn1. The standard InChI is InChI=1S/C7H6N2O2/c1-2-3-8-7(10)6-4-11-5-9-6/h1,4-5H,3H2,(H,8,10). The van der Waals surface area contributed by atoms with Gasteiger partial charge in [0, 0.05) is 0 Å². The van der Waals surface area contributed by atoms with E-state index in [2.05, 4.69) is 20.6 Å². The van der Waals surface area contributed by atoms with Gasteiger partial charge in [-0.2, -0.15) is 0 Å². The molecule has 0 unspecified atom stereocenters. The van der Waals surface area contributed by atoms with Gasteiger partial charge in [-0.05, 0) is 0 Å². The zero-order valence-electron chi connectivity index (χ0n) is 5.70. The van der Waals surface area contributed by atoms with Crippen LogP contribution in [0.25, 0.3) is 0 Å². The summed E-state index contributed by atoms with van der Waals surface area (Å²) in [5.41, 5.74) is 0.236. The first-order chi connectivity index (χ1) is 5.34. The molecule has 1 aromatic heterocycles. The van der Waals surface area contributed by atoms with Gasteiger partial charge in [0.2, 0.25) is 0 Å². The molecule has 1 rings (SSSR count). The molecular weight excluding hydrogens is 144 g/mol. The lowest BCUT2D eigenvalue weighted by Crippen LogP contribution is -2.23. The maximum Gasteiger partial charge on any atom is 0.273 e. The molecular formula is C7H6N2O2. The Kier molecular flexibility index (Phi) is 2.28. The number of nitrogens with zero attached hydrogens (tertiary/aromatic N) is 1. The Balaban J connectivity index is 2.51. The van der Waals surface area contributed by atoms with Crippen LogP contribution < -0.4 is 5.32 Å². The normalized spacial score (nSPS) is 8.64. The fraction of sp³-hybridized carbons (Fsp3) is 0.143. The molecule has 0 bridgehead atoms. The van der Waals surface area contributed by atoms with Crippen molar-refractivity contribution in [2.45, 2.75) is 0 Å². The van der Waals surface area contributed by atoms with E-state index in [1.807, 2.05) is 0 Å². The number of carbonyl (C=O) groups excluding carboxylic acids is 1. The lowest BCUT2D eigenvalue weighted by atomic mass is 10.4. The van der Waals surface area contributed by atoms with Crippen LogP contribution >= 0.6 is 0 Å². The third-order valence-electron chi connectivity index (χ3n) is 1.02. The van der Waals surface area contributed by atoms with E-state index in [1.54, 1.807) is 0 Å². The minimum atomic E-state index is -0.322. The number of rotatable bonds is 2. The van der Waals surface area contributed by atoms with Crippen molar-refractivity contribution in [1.29, 1.82) is 0 Å². The molecule has 1 aromatic rings. The number of amides is 1. The van der Waals surface area contributed by atoms with Gasteiger partial charge in [0.05, 0.1) is 6.54 Å². The van der Waals surface area contributed by atoms with Gasteiger partial charge in [-0.15, -0.1) is 6.42 Å². The Morgan fingerprint density at radius 3 is 3.27 bits per heavy atom. The summed E-state index contributed by atoms with van der Waals surface area (Å²) in [5.74, 6) is 1.95. The Bertz CT molecular complexity index is 271. The molecule has 0 atom stereocenters. The van der Waals surface area contributed by atoms with Crippen LogP contribution in [0.1, 0.15) is 10.5 Å². The van der Waals surface area contributed by atoms with E-state index >= 15 is 0 Å². The number of aromatic nitrogens is 1. The van der Waals surface area contributed by atoms with Crippen LogP contribution in [-0.2, 0) is 0 Å². The first-order valence-corrected chi connectivity index (χ1v) is 2.94. The van der Waals surface area contributed by atoms with Crippen molar-refractivity contribution in [1.82, 2.24) is 10.3 Å². The van der Waals surface area contributed by atoms with Crippen molar-refractivity contribution in [2.75, 3.05) is 6.54 Å². The quantitative estimate of drug-likeness (QED) is 0.605. The molecule has 56 valence electrons. The molecule has 0 aliphatic carbocycles. The molecule has 0 radical (unpaired) electrons. The molecule has 0 spiro atoms. The highest BCUT2D eigenvalue weighted by atomic mass is 16.3. The lowest BCUT2D eigenvalue weighted by Gasteiger charge is -1.93. The number of carbonyl (C=O) groups is 1. The molecule has 0 saturated carbocycles. The fourth-order valence-electron chi connectivity index (χ4n) is 0.547. The number of hydrogen-bond donors (Lipinski definition) is 1. The summed E-state index contributed by atoms with van der Waals surface area (Å²) in [4.78, 5) is 14.6. The largest absolute Gasteiger partial charge is 0.451 e. The van der Waals surface area contributed by atoms with E-state index in [4.69, 9.17) is 6.42 Å². The fourth-order valence-corrected chi connectivity index (χ4v) is 0.547. The van der Waals surface area contributed by atoms with Gasteiger partial charge in [0.1, 0.15) is 6.26 Å².